The van der Waals surface area contributed by atoms with E-state index in [0.29, 0.717) is 17.1 Å². The maximum atomic E-state index is 12.4. The van der Waals surface area contributed by atoms with Gasteiger partial charge in [-0.15, -0.1) is 0 Å². The van der Waals surface area contributed by atoms with Crippen LogP contribution in [0.1, 0.15) is 21.5 Å². The van der Waals surface area contributed by atoms with Gasteiger partial charge in [0, 0.05) is 0 Å². The number of para-hydroxylation sites is 1. The van der Waals surface area contributed by atoms with E-state index >= 15 is 0 Å². The van der Waals surface area contributed by atoms with Crippen molar-refractivity contribution in [3.8, 4) is 17.2 Å². The molecule has 0 fully saturated rings. The maximum absolute atomic E-state index is 12.4. The second-order valence-electron chi connectivity index (χ2n) is 4.70. The van der Waals surface area contributed by atoms with Crippen LogP contribution in [-0.2, 0) is 0 Å². The van der Waals surface area contributed by atoms with Gasteiger partial charge in [0.1, 0.15) is 0 Å². The summed E-state index contributed by atoms with van der Waals surface area (Å²) in [4.78, 5) is 12.4. The summed E-state index contributed by atoms with van der Waals surface area (Å²) in [6.45, 7) is 3.80. The molecule has 0 amide bonds. The number of ether oxygens (including phenoxy) is 3. The zero-order chi connectivity index (χ0) is 15.4. The summed E-state index contributed by atoms with van der Waals surface area (Å²) in [7, 11) is 3.04. The summed E-state index contributed by atoms with van der Waals surface area (Å²) < 4.78 is 15.9. The zero-order valence-electron chi connectivity index (χ0n) is 12.6. The lowest BCUT2D eigenvalue weighted by Gasteiger charge is -2.13. The van der Waals surface area contributed by atoms with Crippen molar-refractivity contribution < 1.29 is 19.0 Å². The molecule has 0 aliphatic rings. The number of carbonyl (C=O) groups is 1. The number of rotatable bonds is 4. The zero-order valence-corrected chi connectivity index (χ0v) is 12.6. The van der Waals surface area contributed by atoms with Crippen LogP contribution in [0, 0.1) is 13.8 Å². The number of hydrogen-bond donors (Lipinski definition) is 0. The van der Waals surface area contributed by atoms with E-state index < -0.39 is 5.97 Å². The molecular formula is C17H18O4. The Morgan fingerprint density at radius 2 is 1.57 bits per heavy atom. The van der Waals surface area contributed by atoms with Crippen LogP contribution in [0.5, 0.6) is 17.2 Å². The molecule has 4 nitrogen and oxygen atoms in total. The highest BCUT2D eigenvalue weighted by Crippen LogP contribution is 2.37. The third kappa shape index (κ3) is 3.16. The highest BCUT2D eigenvalue weighted by atomic mass is 16.6. The fourth-order valence-electron chi connectivity index (χ4n) is 2.02. The van der Waals surface area contributed by atoms with Crippen LogP contribution < -0.4 is 14.2 Å². The molecule has 110 valence electrons. The van der Waals surface area contributed by atoms with Crippen molar-refractivity contribution in [3.63, 3.8) is 0 Å². The lowest BCUT2D eigenvalue weighted by atomic mass is 10.1. The maximum Gasteiger partial charge on any atom is 0.344 e. The normalized spacial score (nSPS) is 10.1. The number of aryl methyl sites for hydroxylation is 2. The minimum Gasteiger partial charge on any atom is -0.493 e. The van der Waals surface area contributed by atoms with E-state index in [9.17, 15) is 4.79 Å². The number of hydrogen-bond acceptors (Lipinski definition) is 4. The molecule has 2 rings (SSSR count). The lowest BCUT2D eigenvalue weighted by Crippen LogP contribution is -2.12. The van der Waals surface area contributed by atoms with E-state index in [1.54, 1.807) is 24.3 Å². The highest BCUT2D eigenvalue weighted by molar-refractivity contribution is 5.93. The molecule has 2 aromatic carbocycles. The number of esters is 1. The molecule has 0 unspecified atom stereocenters. The van der Waals surface area contributed by atoms with Crippen molar-refractivity contribution in [2.45, 2.75) is 13.8 Å². The first-order valence-electron chi connectivity index (χ1n) is 6.57. The van der Waals surface area contributed by atoms with E-state index in [1.807, 2.05) is 26.0 Å². The molecule has 0 bridgehead atoms. The average molecular weight is 286 g/mol. The van der Waals surface area contributed by atoms with Crippen molar-refractivity contribution in [2.24, 2.45) is 0 Å². The van der Waals surface area contributed by atoms with E-state index in [1.165, 1.54) is 14.2 Å². The van der Waals surface area contributed by atoms with Gasteiger partial charge < -0.3 is 14.2 Å². The van der Waals surface area contributed by atoms with Crippen LogP contribution in [0.25, 0.3) is 0 Å². The summed E-state index contributed by atoms with van der Waals surface area (Å²) in [5.41, 5.74) is 2.39. The smallest absolute Gasteiger partial charge is 0.344 e. The summed E-state index contributed by atoms with van der Waals surface area (Å²) in [6, 6.07) is 10.9. The number of carbonyl (C=O) groups excluding carboxylic acids is 1. The van der Waals surface area contributed by atoms with E-state index in [-0.39, 0.29) is 5.75 Å². The molecule has 0 radical (unpaired) electrons. The van der Waals surface area contributed by atoms with Gasteiger partial charge in [0.2, 0.25) is 5.75 Å². The van der Waals surface area contributed by atoms with Gasteiger partial charge in [0.15, 0.2) is 11.5 Å². The predicted molar refractivity (Wildman–Crippen MR) is 80.4 cm³/mol. The SMILES string of the molecule is COc1cccc(OC)c1OC(=O)c1cc(C)ccc1C. The lowest BCUT2D eigenvalue weighted by molar-refractivity contribution is 0.0723. The van der Waals surface area contributed by atoms with Gasteiger partial charge in [0.05, 0.1) is 19.8 Å². The molecule has 0 spiro atoms. The van der Waals surface area contributed by atoms with E-state index in [4.69, 9.17) is 14.2 Å². The summed E-state index contributed by atoms with van der Waals surface area (Å²) >= 11 is 0. The van der Waals surface area contributed by atoms with Gasteiger partial charge in [-0.05, 0) is 37.6 Å². The first-order chi connectivity index (χ1) is 10.1. The van der Waals surface area contributed by atoms with Gasteiger partial charge in [-0.2, -0.15) is 0 Å². The highest BCUT2D eigenvalue weighted by Gasteiger charge is 2.18. The molecule has 0 atom stereocenters. The standard InChI is InChI=1S/C17H18O4/c1-11-8-9-12(2)13(10-11)17(18)21-16-14(19-3)6-5-7-15(16)20-4/h5-10H,1-4H3. The summed E-state index contributed by atoms with van der Waals surface area (Å²) in [5.74, 6) is 0.758. The molecule has 0 aromatic heterocycles. The Bertz CT molecular complexity index is 640. The van der Waals surface area contributed by atoms with E-state index in [2.05, 4.69) is 0 Å². The van der Waals surface area contributed by atoms with Gasteiger partial charge >= 0.3 is 5.97 Å². The fraction of sp³-hybridized carbons (Fsp3) is 0.235. The van der Waals surface area contributed by atoms with Crippen LogP contribution in [0.15, 0.2) is 36.4 Å². The largest absolute Gasteiger partial charge is 0.493 e. The first kappa shape index (κ1) is 14.9. The summed E-state index contributed by atoms with van der Waals surface area (Å²) in [5, 5.41) is 0. The predicted octanol–water partition coefficient (Wildman–Crippen LogP) is 3.54. The van der Waals surface area contributed by atoms with Crippen LogP contribution in [-0.4, -0.2) is 20.2 Å². The minimum absolute atomic E-state index is 0.286. The van der Waals surface area contributed by atoms with Crippen molar-refractivity contribution in [3.05, 3.63) is 53.1 Å². The molecule has 2 aromatic rings. The Morgan fingerprint density at radius 3 is 2.14 bits per heavy atom. The Kier molecular flexibility index (Phi) is 4.48. The third-order valence-corrected chi connectivity index (χ3v) is 3.19. The second kappa shape index (κ2) is 6.31. The number of benzene rings is 2. The molecule has 0 N–H and O–H groups in total. The quantitative estimate of drug-likeness (QED) is 0.637. The van der Waals surface area contributed by atoms with Crippen molar-refractivity contribution in [2.75, 3.05) is 14.2 Å². The first-order valence-corrected chi connectivity index (χ1v) is 6.57. The molecule has 0 saturated heterocycles. The minimum atomic E-state index is -0.431. The van der Waals surface area contributed by atoms with Gasteiger partial charge in [-0.3, -0.25) is 0 Å². The topological polar surface area (TPSA) is 44.8 Å². The van der Waals surface area contributed by atoms with Gasteiger partial charge in [0.25, 0.3) is 0 Å². The summed E-state index contributed by atoms with van der Waals surface area (Å²) in [6.07, 6.45) is 0. The molecule has 4 heteroatoms. The third-order valence-electron chi connectivity index (χ3n) is 3.19. The Morgan fingerprint density at radius 1 is 0.952 bits per heavy atom. The Labute approximate surface area is 124 Å². The molecule has 0 aliphatic carbocycles. The van der Waals surface area contributed by atoms with E-state index in [0.717, 1.165) is 11.1 Å². The van der Waals surface area contributed by atoms with Gasteiger partial charge in [-0.25, -0.2) is 4.79 Å². The van der Waals surface area contributed by atoms with Gasteiger partial charge in [-0.1, -0.05) is 23.8 Å². The molecule has 0 heterocycles. The van der Waals surface area contributed by atoms with Crippen molar-refractivity contribution in [1.29, 1.82) is 0 Å². The van der Waals surface area contributed by atoms with Crippen LogP contribution in [0.2, 0.25) is 0 Å². The van der Waals surface area contributed by atoms with Crippen LogP contribution in [0.4, 0.5) is 0 Å². The molecule has 0 aliphatic heterocycles. The van der Waals surface area contributed by atoms with Crippen molar-refractivity contribution in [1.82, 2.24) is 0 Å². The second-order valence-corrected chi connectivity index (χ2v) is 4.70. The van der Waals surface area contributed by atoms with Crippen LogP contribution in [0.3, 0.4) is 0 Å². The number of methoxy groups -OCH3 is 2. The molecular weight excluding hydrogens is 268 g/mol. The monoisotopic (exact) mass is 286 g/mol. The Hall–Kier alpha value is -2.49. The fourth-order valence-corrected chi connectivity index (χ4v) is 2.02. The van der Waals surface area contributed by atoms with Crippen LogP contribution >= 0.6 is 0 Å². The Balaban J connectivity index is 2.38. The molecule has 21 heavy (non-hydrogen) atoms. The van der Waals surface area contributed by atoms with Crippen molar-refractivity contribution >= 4 is 5.97 Å². The average Bonchev–Trinajstić information content (AvgIpc) is 2.49. The molecule has 0 saturated carbocycles.